The van der Waals surface area contributed by atoms with Crippen molar-refractivity contribution < 1.29 is 29.7 Å². The van der Waals surface area contributed by atoms with Gasteiger partial charge in [-0.15, -0.1) is 0 Å². The zero-order valence-electron chi connectivity index (χ0n) is 14.3. The molecule has 0 heterocycles. The van der Waals surface area contributed by atoms with Crippen LogP contribution in [0.3, 0.4) is 0 Å². The molecule has 0 aliphatic heterocycles. The lowest BCUT2D eigenvalue weighted by molar-refractivity contribution is -0.307. The summed E-state index contributed by atoms with van der Waals surface area (Å²) < 4.78 is 0. The summed E-state index contributed by atoms with van der Waals surface area (Å²) in [6.45, 7) is 5.84. The van der Waals surface area contributed by atoms with Gasteiger partial charge >= 0.3 is 0 Å². The van der Waals surface area contributed by atoms with Crippen LogP contribution in [-0.4, -0.2) is 17.9 Å². The maximum atomic E-state index is 9.65. The number of carboxylic acid groups (broad SMARTS) is 3. The lowest BCUT2D eigenvalue weighted by atomic mass is 10.3. The molecule has 0 fully saturated rings. The smallest absolute Gasteiger partial charge is 0.0414 e. The third-order valence-electron chi connectivity index (χ3n) is 2.20. The highest BCUT2D eigenvalue weighted by Crippen LogP contribution is 1.90. The monoisotopic (exact) mass is 321 g/mol. The Morgan fingerprint density at radius 2 is 0.773 bits per heavy atom. The molecule has 0 aliphatic rings. The molecule has 0 radical (unpaired) electrons. The van der Waals surface area contributed by atoms with E-state index in [4.69, 9.17) is 0 Å². The molecule has 0 spiro atoms. The molecule has 7 heteroatoms. The van der Waals surface area contributed by atoms with Crippen molar-refractivity contribution in [2.45, 2.75) is 78.6 Å². The average Bonchev–Trinajstić information content (AvgIpc) is 2.41. The molecule has 0 rings (SSSR count). The quantitative estimate of drug-likeness (QED) is 0.637. The Hall–Kier alpha value is -1.63. The molecular weight excluding hydrogens is 290 g/mol. The molecule has 0 atom stereocenters. The number of quaternary nitrogens is 1. The van der Waals surface area contributed by atoms with Crippen molar-refractivity contribution >= 4 is 17.9 Å². The van der Waals surface area contributed by atoms with Crippen LogP contribution < -0.4 is 21.5 Å². The Bertz CT molecular complexity index is 226. The van der Waals surface area contributed by atoms with Gasteiger partial charge in [-0.25, -0.2) is 0 Å². The van der Waals surface area contributed by atoms with E-state index in [1.165, 1.54) is 0 Å². The predicted molar refractivity (Wildman–Crippen MR) is 79.6 cm³/mol. The summed E-state index contributed by atoms with van der Waals surface area (Å²) in [6.07, 6.45) is 5.60. The maximum absolute atomic E-state index is 9.65. The first-order valence-electron chi connectivity index (χ1n) is 7.41. The topological polar surface area (TPSA) is 157 Å². The number of carbonyl (C=O) groups is 3. The molecule has 0 aromatic heterocycles. The Morgan fingerprint density at radius 3 is 0.818 bits per heavy atom. The van der Waals surface area contributed by atoms with Gasteiger partial charge in [0.15, 0.2) is 0 Å². The fourth-order valence-corrected chi connectivity index (χ4v) is 0.963. The number of rotatable bonds is 9. The summed E-state index contributed by atoms with van der Waals surface area (Å²) in [6, 6.07) is 0. The van der Waals surface area contributed by atoms with Gasteiger partial charge in [0.25, 0.3) is 0 Å². The summed E-state index contributed by atoms with van der Waals surface area (Å²) >= 11 is 0. The van der Waals surface area contributed by atoms with Crippen molar-refractivity contribution in [3.05, 3.63) is 0 Å². The van der Waals surface area contributed by atoms with Crippen LogP contribution in [0.5, 0.6) is 0 Å². The highest BCUT2D eigenvalue weighted by Gasteiger charge is 1.81. The van der Waals surface area contributed by atoms with Crippen LogP contribution in [0.1, 0.15) is 78.6 Å². The lowest BCUT2D eigenvalue weighted by Crippen LogP contribution is -2.21. The molecule has 22 heavy (non-hydrogen) atoms. The summed E-state index contributed by atoms with van der Waals surface area (Å²) in [4.78, 5) is 28.9. The first kappa shape index (κ1) is 28.5. The normalized spacial score (nSPS) is 8.32. The van der Waals surface area contributed by atoms with E-state index in [0.717, 1.165) is 38.5 Å². The fourth-order valence-electron chi connectivity index (χ4n) is 0.963. The van der Waals surface area contributed by atoms with Crippen molar-refractivity contribution in [2.24, 2.45) is 0 Å². The van der Waals surface area contributed by atoms with Crippen LogP contribution in [0.2, 0.25) is 0 Å². The third-order valence-corrected chi connectivity index (χ3v) is 2.20. The van der Waals surface area contributed by atoms with E-state index in [1.807, 2.05) is 20.8 Å². The van der Waals surface area contributed by atoms with E-state index in [1.54, 1.807) is 0 Å². The maximum Gasteiger partial charge on any atom is 0.0414 e. The minimum Gasteiger partial charge on any atom is -0.550 e. The minimum atomic E-state index is -0.943. The van der Waals surface area contributed by atoms with Crippen molar-refractivity contribution in [1.29, 1.82) is 0 Å². The molecule has 0 aliphatic carbocycles. The van der Waals surface area contributed by atoms with Gasteiger partial charge in [-0.3, -0.25) is 0 Å². The molecule has 134 valence electrons. The number of hydrogen-bond acceptors (Lipinski definition) is 6. The zero-order chi connectivity index (χ0) is 17.1. The second-order valence-electron chi connectivity index (χ2n) is 4.43. The second-order valence-corrected chi connectivity index (χ2v) is 4.43. The molecule has 0 saturated carbocycles. The number of aliphatic carboxylic acids is 3. The molecule has 0 bridgehead atoms. The van der Waals surface area contributed by atoms with Gasteiger partial charge in [0.1, 0.15) is 0 Å². The van der Waals surface area contributed by atoms with Crippen LogP contribution in [-0.2, 0) is 14.4 Å². The number of carboxylic acids is 3. The first-order valence-corrected chi connectivity index (χ1v) is 7.41. The summed E-state index contributed by atoms with van der Waals surface area (Å²) in [5.74, 6) is -2.83. The van der Waals surface area contributed by atoms with Gasteiger partial charge in [-0.05, 0) is 38.5 Å². The SMILES string of the molecule is CCCCC(=O)[O-].CCCCC(=O)[O-].CCCCC(=O)[O-].[NH4+]. The summed E-state index contributed by atoms with van der Waals surface area (Å²) in [7, 11) is 0. The van der Waals surface area contributed by atoms with Crippen LogP contribution in [0, 0.1) is 0 Å². The van der Waals surface area contributed by atoms with Gasteiger partial charge < -0.3 is 35.9 Å². The standard InChI is InChI=1S/3C5H10O2.H3N/c3*1-2-3-4-5(6)7;/h3*2-4H2,1H3,(H,6,7);1H3/p-2. The Labute approximate surface area is 133 Å². The Morgan fingerprint density at radius 1 is 0.591 bits per heavy atom. The number of unbranched alkanes of at least 4 members (excludes halogenated alkanes) is 3. The van der Waals surface area contributed by atoms with Crippen molar-refractivity contribution in [2.75, 3.05) is 0 Å². The highest BCUT2D eigenvalue weighted by atomic mass is 16.4. The highest BCUT2D eigenvalue weighted by molar-refractivity contribution is 5.64. The minimum absolute atomic E-state index is 0. The third kappa shape index (κ3) is 51.5. The predicted octanol–water partition coefficient (Wildman–Crippen LogP) is 0.156. The van der Waals surface area contributed by atoms with E-state index in [-0.39, 0.29) is 25.4 Å². The number of carbonyl (C=O) groups excluding carboxylic acids is 3. The van der Waals surface area contributed by atoms with Gasteiger partial charge in [0.2, 0.25) is 0 Å². The molecule has 0 unspecified atom stereocenters. The molecule has 4 N–H and O–H groups in total. The van der Waals surface area contributed by atoms with Crippen LogP contribution >= 0.6 is 0 Å². The first-order chi connectivity index (χ1) is 9.81. The molecule has 0 amide bonds. The zero-order valence-corrected chi connectivity index (χ0v) is 14.3. The van der Waals surface area contributed by atoms with Crippen molar-refractivity contribution in [1.82, 2.24) is 6.15 Å². The van der Waals surface area contributed by atoms with Gasteiger partial charge in [0, 0.05) is 17.9 Å². The van der Waals surface area contributed by atoms with Crippen molar-refractivity contribution in [3.8, 4) is 0 Å². The summed E-state index contributed by atoms with van der Waals surface area (Å²) in [5, 5.41) is 28.9. The Kier molecular flexibility index (Phi) is 31.6. The van der Waals surface area contributed by atoms with Gasteiger partial charge in [0.05, 0.1) is 0 Å². The lowest BCUT2D eigenvalue weighted by Gasteiger charge is -1.95. The van der Waals surface area contributed by atoms with E-state index in [2.05, 4.69) is 0 Å². The van der Waals surface area contributed by atoms with Crippen LogP contribution in [0.25, 0.3) is 0 Å². The van der Waals surface area contributed by atoms with Crippen molar-refractivity contribution in [3.63, 3.8) is 0 Å². The molecule has 0 aromatic carbocycles. The van der Waals surface area contributed by atoms with E-state index in [9.17, 15) is 29.7 Å². The second kappa shape index (κ2) is 24.4. The average molecular weight is 321 g/mol. The largest absolute Gasteiger partial charge is 0.550 e. The molecule has 0 aromatic rings. The van der Waals surface area contributed by atoms with Crippen LogP contribution in [0.15, 0.2) is 0 Å². The molecule has 0 saturated heterocycles. The fraction of sp³-hybridized carbons (Fsp3) is 0.800. The van der Waals surface area contributed by atoms with E-state index in [0.29, 0.717) is 0 Å². The molecule has 7 nitrogen and oxygen atoms in total. The van der Waals surface area contributed by atoms with E-state index < -0.39 is 17.9 Å². The number of hydrogen-bond donors (Lipinski definition) is 1. The Balaban J connectivity index is -0.000000108. The molecular formula is C15H31NO6-2. The summed E-state index contributed by atoms with van der Waals surface area (Å²) in [5.41, 5.74) is 0. The van der Waals surface area contributed by atoms with Crippen LogP contribution in [0.4, 0.5) is 0 Å². The van der Waals surface area contributed by atoms with Gasteiger partial charge in [-0.2, -0.15) is 0 Å². The van der Waals surface area contributed by atoms with E-state index >= 15 is 0 Å². The van der Waals surface area contributed by atoms with Gasteiger partial charge in [-0.1, -0.05) is 40.0 Å².